The molecule has 0 bridgehead atoms. The number of benzene rings is 2. The van der Waals surface area contributed by atoms with Gasteiger partial charge in [0.1, 0.15) is 23.1 Å². The zero-order chi connectivity index (χ0) is 24.3. The van der Waals surface area contributed by atoms with Gasteiger partial charge < -0.3 is 15.4 Å². The van der Waals surface area contributed by atoms with Crippen molar-refractivity contribution in [2.24, 2.45) is 0 Å². The average Bonchev–Trinajstić information content (AvgIpc) is 2.79. The molecule has 2 heterocycles. The summed E-state index contributed by atoms with van der Waals surface area (Å²) in [5, 5.41) is 23.4. The van der Waals surface area contributed by atoms with Crippen LogP contribution >= 0.6 is 11.6 Å². The molecule has 0 radical (unpaired) electrons. The quantitative estimate of drug-likeness (QED) is 0.569. The number of halogens is 1. The number of ether oxygens (including phenoxy) is 1. The number of carbonyl (C=O) groups excluding carboxylic acids is 2. The first-order valence-corrected chi connectivity index (χ1v) is 11.0. The van der Waals surface area contributed by atoms with Crippen LogP contribution in [0.15, 0.2) is 54.9 Å². The minimum absolute atomic E-state index is 0.0959. The lowest BCUT2D eigenvalue weighted by atomic mass is 9.89. The van der Waals surface area contributed by atoms with Gasteiger partial charge >= 0.3 is 0 Å². The van der Waals surface area contributed by atoms with Gasteiger partial charge in [-0.25, -0.2) is 0 Å². The standard InChI is InChI=1S/C25H22ClN5O3/c1-25(2)12-17(11-23(32)31-25)30-24(33)15-6-7-22(20(26)10-15)34-21-5-3-4-18(19(21)13-27)16-8-9-28-29-14-16/h3-10,14,17H,11-12H2,1-2H3,(H,30,33)(H,31,32). The molecule has 2 N–H and O–H groups in total. The third-order valence-electron chi connectivity index (χ3n) is 5.45. The molecular weight excluding hydrogens is 454 g/mol. The molecule has 1 saturated heterocycles. The van der Waals surface area contributed by atoms with E-state index in [1.807, 2.05) is 13.8 Å². The molecule has 8 nitrogen and oxygen atoms in total. The molecule has 1 atom stereocenters. The van der Waals surface area contributed by atoms with E-state index < -0.39 is 0 Å². The van der Waals surface area contributed by atoms with Crippen LogP contribution in [0.4, 0.5) is 0 Å². The Balaban J connectivity index is 1.53. The molecule has 172 valence electrons. The van der Waals surface area contributed by atoms with Gasteiger partial charge in [0.15, 0.2) is 0 Å². The Labute approximate surface area is 201 Å². The second kappa shape index (κ2) is 9.49. The van der Waals surface area contributed by atoms with E-state index in [1.54, 1.807) is 48.8 Å². The van der Waals surface area contributed by atoms with Gasteiger partial charge in [-0.2, -0.15) is 15.5 Å². The maximum Gasteiger partial charge on any atom is 0.251 e. The fourth-order valence-corrected chi connectivity index (χ4v) is 4.25. The van der Waals surface area contributed by atoms with Gasteiger partial charge in [-0.05, 0) is 50.6 Å². The maximum atomic E-state index is 12.8. The minimum Gasteiger partial charge on any atom is -0.454 e. The van der Waals surface area contributed by atoms with Gasteiger partial charge in [0, 0.05) is 34.7 Å². The van der Waals surface area contributed by atoms with Gasteiger partial charge in [-0.15, -0.1) is 0 Å². The topological polar surface area (TPSA) is 117 Å². The Kier molecular flexibility index (Phi) is 6.48. The summed E-state index contributed by atoms with van der Waals surface area (Å²) in [6, 6.07) is 13.6. The van der Waals surface area contributed by atoms with Crippen molar-refractivity contribution in [1.29, 1.82) is 5.26 Å². The van der Waals surface area contributed by atoms with Crippen LogP contribution < -0.4 is 15.4 Å². The van der Waals surface area contributed by atoms with Crippen LogP contribution in [0.3, 0.4) is 0 Å². The summed E-state index contributed by atoms with van der Waals surface area (Å²) >= 11 is 6.42. The number of nitrogens with one attached hydrogen (secondary N) is 2. The molecule has 1 fully saturated rings. The first kappa shape index (κ1) is 23.2. The molecule has 9 heteroatoms. The number of piperidine rings is 1. The van der Waals surface area contributed by atoms with Crippen LogP contribution in [-0.4, -0.2) is 33.6 Å². The number of amides is 2. The lowest BCUT2D eigenvalue weighted by Gasteiger charge is -2.36. The SMILES string of the molecule is CC1(C)CC(NC(=O)c2ccc(Oc3cccc(-c4ccnnc4)c3C#N)c(Cl)c2)CC(=O)N1. The Morgan fingerprint density at radius 2 is 2.06 bits per heavy atom. The van der Waals surface area contributed by atoms with Crippen LogP contribution in [-0.2, 0) is 4.79 Å². The molecule has 1 aliphatic rings. The fourth-order valence-electron chi connectivity index (χ4n) is 4.03. The van der Waals surface area contributed by atoms with Crippen LogP contribution in [0, 0.1) is 11.3 Å². The van der Waals surface area contributed by atoms with E-state index in [4.69, 9.17) is 16.3 Å². The van der Waals surface area contributed by atoms with Crippen LogP contribution in [0.1, 0.15) is 42.6 Å². The van der Waals surface area contributed by atoms with E-state index in [2.05, 4.69) is 26.9 Å². The van der Waals surface area contributed by atoms with E-state index in [1.165, 1.54) is 6.07 Å². The average molecular weight is 476 g/mol. The number of hydrogen-bond acceptors (Lipinski definition) is 6. The molecule has 4 rings (SSSR count). The predicted octanol–water partition coefficient (Wildman–Crippen LogP) is 4.25. The Hall–Kier alpha value is -3.96. The van der Waals surface area contributed by atoms with Crippen LogP contribution in [0.2, 0.25) is 5.02 Å². The van der Waals surface area contributed by atoms with Gasteiger partial charge in [-0.1, -0.05) is 23.7 Å². The van der Waals surface area contributed by atoms with Crippen LogP contribution in [0.5, 0.6) is 11.5 Å². The highest BCUT2D eigenvalue weighted by Crippen LogP contribution is 2.35. The number of carbonyl (C=O) groups is 2. The second-order valence-corrected chi connectivity index (χ2v) is 9.09. The molecular formula is C25H22ClN5O3. The van der Waals surface area contributed by atoms with E-state index in [-0.39, 0.29) is 34.8 Å². The number of nitrogens with zero attached hydrogens (tertiary/aromatic N) is 3. The molecule has 0 saturated carbocycles. The summed E-state index contributed by atoms with van der Waals surface area (Å²) in [6.45, 7) is 3.84. The molecule has 1 aliphatic heterocycles. The first-order valence-electron chi connectivity index (χ1n) is 10.7. The zero-order valence-corrected chi connectivity index (χ0v) is 19.4. The largest absolute Gasteiger partial charge is 0.454 e. The second-order valence-electron chi connectivity index (χ2n) is 8.68. The molecule has 1 aromatic heterocycles. The van der Waals surface area contributed by atoms with Crippen molar-refractivity contribution in [3.8, 4) is 28.7 Å². The molecule has 0 aliphatic carbocycles. The maximum absolute atomic E-state index is 12.8. The Morgan fingerprint density at radius 3 is 2.74 bits per heavy atom. The third-order valence-corrected chi connectivity index (χ3v) is 5.74. The highest BCUT2D eigenvalue weighted by molar-refractivity contribution is 6.32. The van der Waals surface area contributed by atoms with Gasteiger partial charge in [0.25, 0.3) is 5.91 Å². The van der Waals surface area contributed by atoms with Gasteiger partial charge in [0.2, 0.25) is 5.91 Å². The number of rotatable bonds is 5. The molecule has 2 amide bonds. The van der Waals surface area contributed by atoms with Gasteiger partial charge in [0.05, 0.1) is 17.4 Å². The fraction of sp³-hybridized carbons (Fsp3) is 0.240. The normalized spacial score (nSPS) is 16.8. The van der Waals surface area contributed by atoms with Crippen molar-refractivity contribution in [2.45, 2.75) is 38.3 Å². The number of hydrogen-bond donors (Lipinski definition) is 2. The van der Waals surface area contributed by atoms with Crippen molar-refractivity contribution >= 4 is 23.4 Å². The summed E-state index contributed by atoms with van der Waals surface area (Å²) in [7, 11) is 0. The predicted molar refractivity (Wildman–Crippen MR) is 126 cm³/mol. The minimum atomic E-state index is -0.387. The number of nitriles is 1. The molecule has 34 heavy (non-hydrogen) atoms. The van der Waals surface area contributed by atoms with Crippen molar-refractivity contribution in [3.05, 3.63) is 71.0 Å². The third kappa shape index (κ3) is 5.16. The van der Waals surface area contributed by atoms with Gasteiger partial charge in [-0.3, -0.25) is 9.59 Å². The van der Waals surface area contributed by atoms with E-state index in [0.29, 0.717) is 34.6 Å². The van der Waals surface area contributed by atoms with Crippen LogP contribution in [0.25, 0.3) is 11.1 Å². The summed E-state index contributed by atoms with van der Waals surface area (Å²) < 4.78 is 5.94. The molecule has 2 aromatic carbocycles. The van der Waals surface area contributed by atoms with Crippen molar-refractivity contribution < 1.29 is 14.3 Å². The first-order chi connectivity index (χ1) is 16.3. The Morgan fingerprint density at radius 1 is 1.24 bits per heavy atom. The zero-order valence-electron chi connectivity index (χ0n) is 18.6. The number of aromatic nitrogens is 2. The smallest absolute Gasteiger partial charge is 0.251 e. The lowest BCUT2D eigenvalue weighted by molar-refractivity contribution is -0.125. The summed E-state index contributed by atoms with van der Waals surface area (Å²) in [5.74, 6) is 0.208. The summed E-state index contributed by atoms with van der Waals surface area (Å²) in [5.41, 5.74) is 1.67. The summed E-state index contributed by atoms with van der Waals surface area (Å²) in [6.07, 6.45) is 3.97. The monoisotopic (exact) mass is 475 g/mol. The summed E-state index contributed by atoms with van der Waals surface area (Å²) in [4.78, 5) is 24.7. The highest BCUT2D eigenvalue weighted by atomic mass is 35.5. The van der Waals surface area contributed by atoms with Crippen molar-refractivity contribution in [1.82, 2.24) is 20.8 Å². The van der Waals surface area contributed by atoms with Crippen molar-refractivity contribution in [2.75, 3.05) is 0 Å². The van der Waals surface area contributed by atoms with E-state index in [0.717, 1.165) is 5.56 Å². The van der Waals surface area contributed by atoms with Crippen molar-refractivity contribution in [3.63, 3.8) is 0 Å². The van der Waals surface area contributed by atoms with E-state index >= 15 is 0 Å². The molecule has 0 spiro atoms. The van der Waals surface area contributed by atoms with E-state index in [9.17, 15) is 14.9 Å². The molecule has 3 aromatic rings. The lowest BCUT2D eigenvalue weighted by Crippen LogP contribution is -2.55. The Bertz CT molecular complexity index is 1290. The highest BCUT2D eigenvalue weighted by Gasteiger charge is 2.33. The molecule has 1 unspecified atom stereocenters.